The predicted molar refractivity (Wildman–Crippen MR) is 111 cm³/mol. The quantitative estimate of drug-likeness (QED) is 0.544. The maximum atomic E-state index is 12.8. The van der Waals surface area contributed by atoms with E-state index in [1.54, 1.807) is 30.2 Å². The number of aliphatic imine (C=N–C) groups is 1. The number of carbonyl (C=O) groups excluding carboxylic acids is 2. The van der Waals surface area contributed by atoms with Crippen molar-refractivity contribution in [3.05, 3.63) is 30.1 Å². The Labute approximate surface area is 178 Å². The molecule has 1 saturated heterocycles. The highest BCUT2D eigenvalue weighted by molar-refractivity contribution is 5.99. The van der Waals surface area contributed by atoms with E-state index in [2.05, 4.69) is 20.2 Å². The Hall–Kier alpha value is -3.11. The number of hydrogen-bond donors (Lipinski definition) is 2. The van der Waals surface area contributed by atoms with Crippen LogP contribution >= 0.6 is 0 Å². The highest BCUT2D eigenvalue weighted by atomic mass is 19.4. The van der Waals surface area contributed by atoms with Gasteiger partial charge < -0.3 is 20.4 Å². The lowest BCUT2D eigenvalue weighted by atomic mass is 10.1. The molecule has 31 heavy (non-hydrogen) atoms. The predicted octanol–water partition coefficient (Wildman–Crippen LogP) is 2.23. The van der Waals surface area contributed by atoms with Crippen molar-refractivity contribution in [2.75, 3.05) is 29.4 Å². The largest absolute Gasteiger partial charge is 0.408 e. The van der Waals surface area contributed by atoms with Crippen LogP contribution in [0.2, 0.25) is 0 Å². The molecule has 8 nitrogen and oxygen atoms in total. The average Bonchev–Trinajstić information content (AvgIpc) is 3.14. The summed E-state index contributed by atoms with van der Waals surface area (Å²) in [5.41, 5.74) is 0.620. The molecule has 1 aromatic heterocycles. The van der Waals surface area contributed by atoms with Crippen molar-refractivity contribution < 1.29 is 22.8 Å². The lowest BCUT2D eigenvalue weighted by molar-refractivity contribution is -0.149. The van der Waals surface area contributed by atoms with Crippen molar-refractivity contribution in [1.29, 1.82) is 0 Å². The molecule has 0 aliphatic carbocycles. The number of fused-ring (bicyclic) bond motifs is 4. The monoisotopic (exact) mass is 438 g/mol. The summed E-state index contributed by atoms with van der Waals surface area (Å²) >= 11 is 0. The Morgan fingerprint density at radius 2 is 2.13 bits per heavy atom. The molecule has 0 radical (unpaired) electrons. The van der Waals surface area contributed by atoms with E-state index in [0.29, 0.717) is 18.2 Å². The summed E-state index contributed by atoms with van der Waals surface area (Å²) in [5, 5.41) is 4.63. The van der Waals surface area contributed by atoms with E-state index in [1.807, 2.05) is 12.2 Å². The summed E-state index contributed by atoms with van der Waals surface area (Å²) in [5.74, 6) is -0.353. The number of nitrogens with zero attached hydrogens (tertiary/aromatic N) is 4. The Morgan fingerprint density at radius 1 is 1.39 bits per heavy atom. The molecule has 168 valence electrons. The Balaban J connectivity index is 1.82. The Kier molecular flexibility index (Phi) is 6.51. The summed E-state index contributed by atoms with van der Waals surface area (Å²) in [6.45, 7) is 5.83. The average molecular weight is 438 g/mol. The van der Waals surface area contributed by atoms with Crippen LogP contribution < -0.4 is 20.4 Å². The molecule has 2 aliphatic heterocycles. The van der Waals surface area contributed by atoms with E-state index in [0.717, 1.165) is 25.6 Å². The van der Waals surface area contributed by atoms with E-state index in [4.69, 9.17) is 0 Å². The summed E-state index contributed by atoms with van der Waals surface area (Å²) in [6, 6.07) is 1.09. The molecule has 2 atom stereocenters. The first kappa shape index (κ1) is 22.6. The van der Waals surface area contributed by atoms with Crippen LogP contribution in [0, 0.1) is 0 Å². The number of hydrogen-bond acceptors (Lipinski definition) is 6. The highest BCUT2D eigenvalue weighted by Gasteiger charge is 2.39. The van der Waals surface area contributed by atoms with E-state index in [-0.39, 0.29) is 24.2 Å². The van der Waals surface area contributed by atoms with E-state index >= 15 is 0 Å². The molecule has 0 aromatic carbocycles. The zero-order valence-electron chi connectivity index (χ0n) is 17.5. The van der Waals surface area contributed by atoms with Gasteiger partial charge in [-0.3, -0.25) is 9.59 Å². The first-order chi connectivity index (χ1) is 14.6. The molecular weight excluding hydrogens is 413 g/mol. The minimum Gasteiger partial charge on any atom is -0.366 e. The Morgan fingerprint density at radius 3 is 2.81 bits per heavy atom. The second kappa shape index (κ2) is 8.94. The van der Waals surface area contributed by atoms with Gasteiger partial charge in [-0.25, -0.2) is 9.98 Å². The SMILES string of the molecule is C/C=C\N=C(C)NC(=O)CN1c2nc(C(=O)N[C@H](C)C(F)(F)F)ccc2N2CC[C@H]1C2. The molecule has 0 unspecified atom stereocenters. The van der Waals surface area contributed by atoms with E-state index in [1.165, 1.54) is 6.07 Å². The molecule has 0 saturated carbocycles. The third kappa shape index (κ3) is 5.15. The summed E-state index contributed by atoms with van der Waals surface area (Å²) in [7, 11) is 0. The summed E-state index contributed by atoms with van der Waals surface area (Å²) < 4.78 is 38.4. The molecule has 0 spiro atoms. The molecule has 3 rings (SSSR count). The molecule has 2 N–H and O–H groups in total. The van der Waals surface area contributed by atoms with Gasteiger partial charge in [-0.1, -0.05) is 6.08 Å². The van der Waals surface area contributed by atoms with Crippen molar-refractivity contribution in [1.82, 2.24) is 15.6 Å². The molecular formula is C20H25F3N6O2. The van der Waals surface area contributed by atoms with Gasteiger partial charge in [0.25, 0.3) is 5.91 Å². The number of amidine groups is 1. The number of aromatic nitrogens is 1. The molecule has 2 aliphatic rings. The number of pyridine rings is 1. The van der Waals surface area contributed by atoms with Gasteiger partial charge in [0, 0.05) is 19.3 Å². The van der Waals surface area contributed by atoms with Gasteiger partial charge in [-0.15, -0.1) is 0 Å². The van der Waals surface area contributed by atoms with Crippen LogP contribution in [0.3, 0.4) is 0 Å². The first-order valence-corrected chi connectivity index (χ1v) is 9.95. The van der Waals surface area contributed by atoms with Gasteiger partial charge >= 0.3 is 6.18 Å². The van der Waals surface area contributed by atoms with Crippen LogP contribution in [0.5, 0.6) is 0 Å². The number of alkyl halides is 3. The molecule has 2 amide bonds. The normalized spacial score (nSPS) is 19.4. The standard InChI is InChI=1S/C20H25F3N6O2/c1-4-8-24-13(3)26-17(30)11-29-14-7-9-28(10-14)16-6-5-15(27-18(16)29)19(31)25-12(2)20(21,22)23/h4-6,8,12,14H,7,9-11H2,1-3H3,(H,25,31)(H,24,26,30)/b8-4-/t12-,14+/m1/s1. The number of rotatable bonds is 5. The van der Waals surface area contributed by atoms with Crippen LogP contribution in [0.4, 0.5) is 24.7 Å². The molecule has 1 aromatic rings. The second-order valence-corrected chi connectivity index (χ2v) is 7.54. The summed E-state index contributed by atoms with van der Waals surface area (Å²) in [4.78, 5) is 37.2. The number of amides is 2. The zero-order valence-corrected chi connectivity index (χ0v) is 17.5. The molecule has 1 fully saturated rings. The topological polar surface area (TPSA) is 89.9 Å². The molecule has 3 heterocycles. The van der Waals surface area contributed by atoms with Crippen LogP contribution in [0.25, 0.3) is 0 Å². The van der Waals surface area contributed by atoms with Crippen LogP contribution in [0.1, 0.15) is 37.7 Å². The number of anilines is 2. The van der Waals surface area contributed by atoms with Gasteiger partial charge in [0.2, 0.25) is 5.91 Å². The molecule has 2 bridgehead atoms. The minimum absolute atomic E-state index is 0.00870. The van der Waals surface area contributed by atoms with Crippen molar-refractivity contribution in [2.24, 2.45) is 4.99 Å². The van der Waals surface area contributed by atoms with Crippen molar-refractivity contribution in [3.63, 3.8) is 0 Å². The maximum Gasteiger partial charge on any atom is 0.408 e. The van der Waals surface area contributed by atoms with Gasteiger partial charge in [0.15, 0.2) is 5.82 Å². The fraction of sp³-hybridized carbons (Fsp3) is 0.500. The first-order valence-electron chi connectivity index (χ1n) is 9.95. The number of allylic oxidation sites excluding steroid dienone is 1. The van der Waals surface area contributed by atoms with Crippen molar-refractivity contribution in [2.45, 2.75) is 45.5 Å². The smallest absolute Gasteiger partial charge is 0.366 e. The van der Waals surface area contributed by atoms with Crippen LogP contribution in [-0.4, -0.2) is 60.5 Å². The van der Waals surface area contributed by atoms with Gasteiger partial charge in [0.05, 0.1) is 18.3 Å². The van der Waals surface area contributed by atoms with Crippen LogP contribution in [-0.2, 0) is 4.79 Å². The van der Waals surface area contributed by atoms with Crippen molar-refractivity contribution in [3.8, 4) is 0 Å². The summed E-state index contributed by atoms with van der Waals surface area (Å²) in [6.07, 6.45) is -0.443. The number of carbonyl (C=O) groups is 2. The van der Waals surface area contributed by atoms with E-state index < -0.39 is 18.1 Å². The van der Waals surface area contributed by atoms with E-state index in [9.17, 15) is 22.8 Å². The lowest BCUT2D eigenvalue weighted by Crippen LogP contribution is -2.48. The third-order valence-corrected chi connectivity index (χ3v) is 5.19. The number of nitrogens with one attached hydrogen (secondary N) is 2. The zero-order chi connectivity index (χ0) is 22.8. The second-order valence-electron chi connectivity index (χ2n) is 7.54. The maximum absolute atomic E-state index is 12.8. The highest BCUT2D eigenvalue weighted by Crippen LogP contribution is 2.38. The Bertz CT molecular complexity index is 915. The van der Waals surface area contributed by atoms with Gasteiger partial charge in [0.1, 0.15) is 17.6 Å². The van der Waals surface area contributed by atoms with Gasteiger partial charge in [-0.05, 0) is 39.3 Å². The molecule has 11 heteroatoms. The minimum atomic E-state index is -4.55. The van der Waals surface area contributed by atoms with Crippen molar-refractivity contribution >= 4 is 29.2 Å². The third-order valence-electron chi connectivity index (χ3n) is 5.19. The number of halogens is 3. The fourth-order valence-electron chi connectivity index (χ4n) is 3.58. The fourth-order valence-corrected chi connectivity index (χ4v) is 3.58. The lowest BCUT2D eigenvalue weighted by Gasteiger charge is -2.37. The van der Waals surface area contributed by atoms with Crippen LogP contribution in [0.15, 0.2) is 29.4 Å². The van der Waals surface area contributed by atoms with Gasteiger partial charge in [-0.2, -0.15) is 13.2 Å².